The first-order valence-electron chi connectivity index (χ1n) is 9.20. The van der Waals surface area contributed by atoms with Gasteiger partial charge in [0.15, 0.2) is 0 Å². The molecular weight excluding hydrogens is 392 g/mol. The molecule has 1 aliphatic heterocycles. The van der Waals surface area contributed by atoms with E-state index >= 15 is 0 Å². The van der Waals surface area contributed by atoms with Crippen LogP contribution in [0.25, 0.3) is 16.0 Å². The molecule has 1 heterocycles. The molecule has 1 aliphatic rings. The summed E-state index contributed by atoms with van der Waals surface area (Å²) in [6, 6.07) is 11.7. The van der Waals surface area contributed by atoms with E-state index in [1.54, 1.807) is 36.4 Å². The third kappa shape index (κ3) is 4.28. The SMILES string of the molecule is [C-]#[N+]c1cc(-c2cccc(C(=O)NC)c2)ccc1OC1OC(CO)C(O)C(O)C1O. The van der Waals surface area contributed by atoms with Crippen LogP contribution in [0.5, 0.6) is 5.75 Å². The van der Waals surface area contributed by atoms with Crippen molar-refractivity contribution in [1.82, 2.24) is 5.32 Å². The first-order chi connectivity index (χ1) is 14.4. The van der Waals surface area contributed by atoms with Crippen LogP contribution >= 0.6 is 0 Å². The number of aliphatic hydroxyl groups is 4. The lowest BCUT2D eigenvalue weighted by molar-refractivity contribution is -0.277. The number of nitrogens with one attached hydrogen (secondary N) is 1. The Morgan fingerprint density at radius 3 is 2.53 bits per heavy atom. The largest absolute Gasteiger partial charge is 0.473 e. The average Bonchev–Trinajstić information content (AvgIpc) is 2.79. The summed E-state index contributed by atoms with van der Waals surface area (Å²) in [5.41, 5.74) is 1.99. The molecule has 1 fully saturated rings. The van der Waals surface area contributed by atoms with Crippen LogP contribution in [-0.4, -0.2) is 70.7 Å². The van der Waals surface area contributed by atoms with Crippen molar-refractivity contribution in [1.29, 1.82) is 0 Å². The lowest BCUT2D eigenvalue weighted by atomic mass is 9.99. The number of rotatable bonds is 5. The van der Waals surface area contributed by atoms with Crippen LogP contribution in [0.15, 0.2) is 42.5 Å². The Hall–Kier alpha value is -3.00. The van der Waals surface area contributed by atoms with Gasteiger partial charge in [0, 0.05) is 12.6 Å². The molecule has 30 heavy (non-hydrogen) atoms. The zero-order valence-corrected chi connectivity index (χ0v) is 16.1. The second kappa shape index (κ2) is 9.21. The first-order valence-corrected chi connectivity index (χ1v) is 9.20. The second-order valence-electron chi connectivity index (χ2n) is 6.77. The molecule has 5 atom stereocenters. The molecule has 2 aromatic rings. The Morgan fingerprint density at radius 1 is 1.13 bits per heavy atom. The summed E-state index contributed by atoms with van der Waals surface area (Å²) >= 11 is 0. The fourth-order valence-corrected chi connectivity index (χ4v) is 3.16. The first kappa shape index (κ1) is 21.7. The molecule has 0 saturated carbocycles. The van der Waals surface area contributed by atoms with Gasteiger partial charge in [0.05, 0.1) is 13.2 Å². The molecule has 0 aromatic heterocycles. The topological polar surface area (TPSA) is 133 Å². The fraction of sp³-hybridized carbons (Fsp3) is 0.333. The fourth-order valence-electron chi connectivity index (χ4n) is 3.16. The van der Waals surface area contributed by atoms with E-state index in [-0.39, 0.29) is 17.3 Å². The van der Waals surface area contributed by atoms with Gasteiger partial charge in [-0.05, 0) is 35.4 Å². The molecule has 9 nitrogen and oxygen atoms in total. The van der Waals surface area contributed by atoms with Crippen molar-refractivity contribution < 1.29 is 34.7 Å². The van der Waals surface area contributed by atoms with Crippen LogP contribution in [0.2, 0.25) is 0 Å². The molecule has 158 valence electrons. The molecule has 5 N–H and O–H groups in total. The lowest BCUT2D eigenvalue weighted by Gasteiger charge is -2.39. The normalized spacial score (nSPS) is 25.9. The van der Waals surface area contributed by atoms with Gasteiger partial charge in [-0.15, -0.1) is 0 Å². The van der Waals surface area contributed by atoms with Gasteiger partial charge >= 0.3 is 0 Å². The number of benzene rings is 2. The van der Waals surface area contributed by atoms with Crippen LogP contribution in [0.4, 0.5) is 5.69 Å². The minimum absolute atomic E-state index is 0.0977. The van der Waals surface area contributed by atoms with Gasteiger partial charge in [0.2, 0.25) is 12.0 Å². The maximum atomic E-state index is 11.9. The van der Waals surface area contributed by atoms with Gasteiger partial charge in [-0.25, -0.2) is 4.85 Å². The molecule has 5 unspecified atom stereocenters. The van der Waals surface area contributed by atoms with Crippen LogP contribution in [0.3, 0.4) is 0 Å². The number of ether oxygens (including phenoxy) is 2. The zero-order valence-electron chi connectivity index (χ0n) is 16.1. The number of carbonyl (C=O) groups excluding carboxylic acids is 1. The number of amides is 1. The summed E-state index contributed by atoms with van der Waals surface area (Å²) in [5, 5.41) is 41.7. The zero-order chi connectivity index (χ0) is 21.8. The highest BCUT2D eigenvalue weighted by Gasteiger charge is 2.44. The van der Waals surface area contributed by atoms with Crippen molar-refractivity contribution >= 4 is 11.6 Å². The lowest BCUT2D eigenvalue weighted by Crippen LogP contribution is -2.60. The van der Waals surface area contributed by atoms with Gasteiger partial charge in [0.1, 0.15) is 30.2 Å². The molecule has 1 saturated heterocycles. The van der Waals surface area contributed by atoms with Gasteiger partial charge in [-0.2, -0.15) is 0 Å². The number of hydrogen-bond acceptors (Lipinski definition) is 7. The van der Waals surface area contributed by atoms with E-state index in [1.807, 2.05) is 0 Å². The molecular formula is C21H22N2O7. The van der Waals surface area contributed by atoms with Gasteiger partial charge in [0.25, 0.3) is 5.91 Å². The predicted molar refractivity (Wildman–Crippen MR) is 106 cm³/mol. The number of hydrogen-bond donors (Lipinski definition) is 5. The molecule has 0 bridgehead atoms. The third-order valence-electron chi connectivity index (χ3n) is 4.86. The molecule has 0 spiro atoms. The van der Waals surface area contributed by atoms with Crippen molar-refractivity contribution in [3.05, 3.63) is 59.4 Å². The molecule has 2 aromatic carbocycles. The monoisotopic (exact) mass is 414 g/mol. The minimum atomic E-state index is -1.58. The molecule has 0 radical (unpaired) electrons. The smallest absolute Gasteiger partial charge is 0.251 e. The van der Waals surface area contributed by atoms with E-state index in [2.05, 4.69) is 10.2 Å². The van der Waals surface area contributed by atoms with Crippen molar-refractivity contribution in [3.8, 4) is 16.9 Å². The van der Waals surface area contributed by atoms with Gasteiger partial charge < -0.3 is 35.2 Å². The Balaban J connectivity index is 1.87. The van der Waals surface area contributed by atoms with Crippen LogP contribution in [0, 0.1) is 6.57 Å². The summed E-state index contributed by atoms with van der Waals surface area (Å²) < 4.78 is 10.9. The van der Waals surface area contributed by atoms with E-state index in [0.29, 0.717) is 11.1 Å². The average molecular weight is 414 g/mol. The predicted octanol–water partition coefficient (Wildman–Crippen LogP) is 0.443. The molecule has 3 rings (SSSR count). The highest BCUT2D eigenvalue weighted by molar-refractivity contribution is 5.95. The van der Waals surface area contributed by atoms with Crippen LogP contribution < -0.4 is 10.1 Å². The van der Waals surface area contributed by atoms with Gasteiger partial charge in [-0.1, -0.05) is 18.2 Å². The second-order valence-corrected chi connectivity index (χ2v) is 6.77. The molecule has 1 amide bonds. The van der Waals surface area contributed by atoms with Crippen molar-refractivity contribution in [2.75, 3.05) is 13.7 Å². The third-order valence-corrected chi connectivity index (χ3v) is 4.86. The van der Waals surface area contributed by atoms with E-state index in [0.717, 1.165) is 5.56 Å². The highest BCUT2D eigenvalue weighted by Crippen LogP contribution is 2.35. The van der Waals surface area contributed by atoms with E-state index < -0.39 is 37.3 Å². The Labute approximate surface area is 172 Å². The van der Waals surface area contributed by atoms with Crippen molar-refractivity contribution in [2.45, 2.75) is 30.7 Å². The quantitative estimate of drug-likeness (QED) is 0.449. The van der Waals surface area contributed by atoms with Gasteiger partial charge in [-0.3, -0.25) is 4.79 Å². The van der Waals surface area contributed by atoms with E-state index in [4.69, 9.17) is 16.0 Å². The maximum Gasteiger partial charge on any atom is 0.251 e. The summed E-state index contributed by atoms with van der Waals surface area (Å²) in [6.45, 7) is 6.86. The number of carbonyl (C=O) groups is 1. The Kier molecular flexibility index (Phi) is 6.66. The number of aliphatic hydroxyl groups excluding tert-OH is 4. The Bertz CT molecular complexity index is 957. The standard InChI is InChI=1S/C21H22N2O7/c1-22-14-9-12(11-4-3-5-13(8-11)20(28)23-2)6-7-15(14)29-21-19(27)18(26)17(25)16(10-24)30-21/h3-9,16-19,21,24-27H,10H2,2H3,(H,23,28). The van der Waals surface area contributed by atoms with Crippen LogP contribution in [0.1, 0.15) is 10.4 Å². The minimum Gasteiger partial charge on any atom is -0.473 e. The number of nitrogens with zero attached hydrogens (tertiary/aromatic N) is 1. The molecule has 9 heteroatoms. The summed E-state index contributed by atoms with van der Waals surface area (Å²) in [7, 11) is 1.54. The highest BCUT2D eigenvalue weighted by atomic mass is 16.7. The maximum absolute atomic E-state index is 11.9. The van der Waals surface area contributed by atoms with E-state index in [9.17, 15) is 25.2 Å². The summed E-state index contributed by atoms with van der Waals surface area (Å²) in [5.74, 6) is -0.134. The van der Waals surface area contributed by atoms with E-state index in [1.165, 1.54) is 13.1 Å². The van der Waals surface area contributed by atoms with Crippen LogP contribution in [-0.2, 0) is 4.74 Å². The molecule has 0 aliphatic carbocycles. The Morgan fingerprint density at radius 2 is 1.87 bits per heavy atom. The summed E-state index contributed by atoms with van der Waals surface area (Å²) in [6.07, 6.45) is -7.16. The van der Waals surface area contributed by atoms with Crippen molar-refractivity contribution in [2.24, 2.45) is 0 Å². The van der Waals surface area contributed by atoms with Crippen molar-refractivity contribution in [3.63, 3.8) is 0 Å². The summed E-state index contributed by atoms with van der Waals surface area (Å²) in [4.78, 5) is 15.3.